The van der Waals surface area contributed by atoms with E-state index in [0.29, 0.717) is 5.69 Å². The Kier molecular flexibility index (Phi) is 5.13. The molecule has 0 aliphatic rings. The van der Waals surface area contributed by atoms with E-state index >= 15 is 0 Å². The molecule has 0 saturated heterocycles. The van der Waals surface area contributed by atoms with Gasteiger partial charge in [0.05, 0.1) is 32.8 Å². The first-order valence-electron chi connectivity index (χ1n) is 4.62. The standard InChI is InChI=1S/C9H10BrClN2O4/c10-6-1-7(11)8(2-9(6)13(16)17)12-3-5(15)4-14/h1-2,5,12,14-15H,3-4H2. The van der Waals surface area contributed by atoms with Crippen molar-refractivity contribution < 1.29 is 15.1 Å². The van der Waals surface area contributed by atoms with Crippen molar-refractivity contribution in [2.75, 3.05) is 18.5 Å². The molecule has 0 amide bonds. The average molecular weight is 326 g/mol. The molecule has 1 aromatic carbocycles. The number of nitrogens with one attached hydrogen (secondary N) is 1. The molecule has 1 atom stereocenters. The summed E-state index contributed by atoms with van der Waals surface area (Å²) < 4.78 is 0.278. The topological polar surface area (TPSA) is 95.6 Å². The fourth-order valence-electron chi connectivity index (χ4n) is 1.11. The van der Waals surface area contributed by atoms with E-state index in [1.54, 1.807) is 0 Å². The summed E-state index contributed by atoms with van der Waals surface area (Å²) in [4.78, 5) is 10.1. The number of halogens is 2. The third kappa shape index (κ3) is 3.81. The zero-order chi connectivity index (χ0) is 13.0. The molecule has 0 bridgehead atoms. The molecule has 0 fully saturated rings. The van der Waals surface area contributed by atoms with Gasteiger partial charge in [-0.3, -0.25) is 10.1 Å². The van der Waals surface area contributed by atoms with Crippen LogP contribution < -0.4 is 5.32 Å². The van der Waals surface area contributed by atoms with Crippen LogP contribution in [0.25, 0.3) is 0 Å². The van der Waals surface area contributed by atoms with Crippen LogP contribution in [0, 0.1) is 10.1 Å². The van der Waals surface area contributed by atoms with Crippen LogP contribution in [0.15, 0.2) is 16.6 Å². The maximum absolute atomic E-state index is 10.7. The molecule has 0 aliphatic carbocycles. The van der Waals surface area contributed by atoms with Crippen LogP contribution in [0.3, 0.4) is 0 Å². The van der Waals surface area contributed by atoms with Crippen LogP contribution in [0.5, 0.6) is 0 Å². The second-order valence-electron chi connectivity index (χ2n) is 3.26. The van der Waals surface area contributed by atoms with Crippen LogP contribution >= 0.6 is 27.5 Å². The van der Waals surface area contributed by atoms with Gasteiger partial charge in [-0.25, -0.2) is 0 Å². The summed E-state index contributed by atoms with van der Waals surface area (Å²) in [6.45, 7) is -0.349. The van der Waals surface area contributed by atoms with Crippen molar-refractivity contribution in [1.29, 1.82) is 0 Å². The molecular formula is C9H10BrClN2O4. The Bertz CT molecular complexity index is 430. The van der Waals surface area contributed by atoms with Gasteiger partial charge < -0.3 is 15.5 Å². The van der Waals surface area contributed by atoms with Crippen molar-refractivity contribution in [1.82, 2.24) is 0 Å². The van der Waals surface area contributed by atoms with Gasteiger partial charge in [-0.1, -0.05) is 11.6 Å². The maximum Gasteiger partial charge on any atom is 0.285 e. The zero-order valence-corrected chi connectivity index (χ0v) is 10.9. The van der Waals surface area contributed by atoms with Crippen molar-refractivity contribution >= 4 is 38.9 Å². The lowest BCUT2D eigenvalue weighted by Gasteiger charge is -2.11. The van der Waals surface area contributed by atoms with Gasteiger partial charge in [-0.2, -0.15) is 0 Å². The molecule has 0 aliphatic heterocycles. The molecule has 6 nitrogen and oxygen atoms in total. The van der Waals surface area contributed by atoms with E-state index in [9.17, 15) is 10.1 Å². The van der Waals surface area contributed by atoms with Crippen molar-refractivity contribution in [2.24, 2.45) is 0 Å². The molecule has 94 valence electrons. The summed E-state index contributed by atoms with van der Waals surface area (Å²) in [6.07, 6.45) is -0.950. The third-order valence-corrected chi connectivity index (χ3v) is 2.92. The van der Waals surface area contributed by atoms with Crippen LogP contribution in [0.4, 0.5) is 11.4 Å². The summed E-state index contributed by atoms with van der Waals surface area (Å²) in [5.41, 5.74) is 0.199. The highest BCUT2D eigenvalue weighted by atomic mass is 79.9. The minimum absolute atomic E-state index is 0.0506. The van der Waals surface area contributed by atoms with Gasteiger partial charge in [-0.05, 0) is 22.0 Å². The Morgan fingerprint density at radius 1 is 1.59 bits per heavy atom. The van der Waals surface area contributed by atoms with E-state index < -0.39 is 17.6 Å². The van der Waals surface area contributed by atoms with Gasteiger partial charge >= 0.3 is 0 Å². The highest BCUT2D eigenvalue weighted by Crippen LogP contribution is 2.34. The van der Waals surface area contributed by atoms with E-state index in [1.165, 1.54) is 12.1 Å². The SMILES string of the molecule is O=[N+]([O-])c1cc(NCC(O)CO)c(Cl)cc1Br. The summed E-state index contributed by atoms with van der Waals surface area (Å²) in [5.74, 6) is 0. The molecule has 17 heavy (non-hydrogen) atoms. The average Bonchev–Trinajstić information content (AvgIpc) is 2.26. The van der Waals surface area contributed by atoms with Crippen molar-refractivity contribution in [3.63, 3.8) is 0 Å². The van der Waals surface area contributed by atoms with Gasteiger partial charge in [0, 0.05) is 12.6 Å². The highest BCUT2D eigenvalue weighted by molar-refractivity contribution is 9.10. The Hall–Kier alpha value is -0.890. The number of anilines is 1. The molecule has 0 radical (unpaired) electrons. The van der Waals surface area contributed by atoms with Crippen LogP contribution in [0.2, 0.25) is 5.02 Å². The van der Waals surface area contributed by atoms with Crippen molar-refractivity contribution in [3.8, 4) is 0 Å². The van der Waals surface area contributed by atoms with Gasteiger partial charge in [0.1, 0.15) is 0 Å². The van der Waals surface area contributed by atoms with E-state index in [1.807, 2.05) is 0 Å². The molecule has 1 rings (SSSR count). The number of nitrogens with zero attached hydrogens (tertiary/aromatic N) is 1. The lowest BCUT2D eigenvalue weighted by atomic mass is 10.2. The van der Waals surface area contributed by atoms with Crippen LogP contribution in [0.1, 0.15) is 0 Å². The minimum Gasteiger partial charge on any atom is -0.394 e. The second kappa shape index (κ2) is 6.15. The van der Waals surface area contributed by atoms with Crippen molar-refractivity contribution in [3.05, 3.63) is 31.7 Å². The van der Waals surface area contributed by atoms with Gasteiger partial charge in [0.15, 0.2) is 0 Å². The maximum atomic E-state index is 10.7. The van der Waals surface area contributed by atoms with Crippen LogP contribution in [-0.2, 0) is 0 Å². The second-order valence-corrected chi connectivity index (χ2v) is 4.52. The van der Waals surface area contributed by atoms with Gasteiger partial charge in [0.2, 0.25) is 0 Å². The minimum atomic E-state index is -0.950. The molecule has 0 saturated carbocycles. The number of nitro groups is 1. The first-order valence-corrected chi connectivity index (χ1v) is 5.79. The predicted octanol–water partition coefficient (Wildman–Crippen LogP) is 1.78. The number of nitro benzene ring substituents is 1. The Morgan fingerprint density at radius 3 is 2.76 bits per heavy atom. The number of benzene rings is 1. The number of rotatable bonds is 5. The van der Waals surface area contributed by atoms with E-state index in [-0.39, 0.29) is 21.7 Å². The third-order valence-electron chi connectivity index (χ3n) is 1.97. The lowest BCUT2D eigenvalue weighted by Crippen LogP contribution is -2.23. The quantitative estimate of drug-likeness (QED) is 0.566. The zero-order valence-electron chi connectivity index (χ0n) is 8.56. The predicted molar refractivity (Wildman–Crippen MR) is 67.4 cm³/mol. The fraction of sp³-hybridized carbons (Fsp3) is 0.333. The normalized spacial score (nSPS) is 12.2. The fourth-order valence-corrected chi connectivity index (χ4v) is 1.96. The van der Waals surface area contributed by atoms with E-state index in [0.717, 1.165) is 0 Å². The molecule has 1 aromatic rings. The van der Waals surface area contributed by atoms with Crippen molar-refractivity contribution in [2.45, 2.75) is 6.10 Å². The molecular weight excluding hydrogens is 315 g/mol. The Balaban J connectivity index is 2.92. The van der Waals surface area contributed by atoms with E-state index in [2.05, 4.69) is 21.2 Å². The highest BCUT2D eigenvalue weighted by Gasteiger charge is 2.16. The number of aliphatic hydroxyl groups excluding tert-OH is 2. The molecule has 0 heterocycles. The largest absolute Gasteiger partial charge is 0.394 e. The Morgan fingerprint density at radius 2 is 2.24 bits per heavy atom. The number of aliphatic hydroxyl groups is 2. The lowest BCUT2D eigenvalue weighted by molar-refractivity contribution is -0.385. The molecule has 3 N–H and O–H groups in total. The number of hydrogen-bond acceptors (Lipinski definition) is 5. The van der Waals surface area contributed by atoms with E-state index in [4.69, 9.17) is 21.8 Å². The summed E-state index contributed by atoms with van der Waals surface area (Å²) >= 11 is 8.91. The first-order chi connectivity index (χ1) is 7.95. The first kappa shape index (κ1) is 14.2. The summed E-state index contributed by atoms with van der Waals surface area (Å²) in [5, 5.41) is 31.5. The number of hydrogen-bond donors (Lipinski definition) is 3. The molecule has 0 spiro atoms. The molecule has 0 aromatic heterocycles. The van der Waals surface area contributed by atoms with Gasteiger partial charge in [0.25, 0.3) is 5.69 Å². The monoisotopic (exact) mass is 324 g/mol. The molecule has 1 unspecified atom stereocenters. The molecule has 8 heteroatoms. The smallest absolute Gasteiger partial charge is 0.285 e. The summed E-state index contributed by atoms with van der Waals surface area (Å²) in [7, 11) is 0. The summed E-state index contributed by atoms with van der Waals surface area (Å²) in [6, 6.07) is 2.66. The van der Waals surface area contributed by atoms with Gasteiger partial charge in [-0.15, -0.1) is 0 Å². The van der Waals surface area contributed by atoms with Crippen LogP contribution in [-0.4, -0.2) is 34.4 Å². The Labute approximate surface area is 110 Å².